The largest absolute Gasteiger partial charge is 0.476 e. The molecule has 0 spiro atoms. The molecule has 29 heavy (non-hydrogen) atoms. The predicted octanol–water partition coefficient (Wildman–Crippen LogP) is 5.20. The lowest BCUT2D eigenvalue weighted by Crippen LogP contribution is -2.32. The second-order valence-corrected chi connectivity index (χ2v) is 9.90. The highest BCUT2D eigenvalue weighted by molar-refractivity contribution is 5.17. The number of ether oxygens (including phenoxy) is 2. The van der Waals surface area contributed by atoms with Gasteiger partial charge in [0, 0.05) is 17.8 Å². The Balaban J connectivity index is 2.04. The van der Waals surface area contributed by atoms with Crippen LogP contribution in [0.3, 0.4) is 0 Å². The van der Waals surface area contributed by atoms with Gasteiger partial charge in [0.1, 0.15) is 0 Å². The fourth-order valence-corrected chi connectivity index (χ4v) is 3.31. The topological polar surface area (TPSA) is 70.0 Å². The van der Waals surface area contributed by atoms with Crippen LogP contribution in [-0.2, 0) is 5.41 Å². The van der Waals surface area contributed by atoms with Crippen LogP contribution in [0.5, 0.6) is 11.8 Å². The van der Waals surface area contributed by atoms with Gasteiger partial charge in [-0.25, -0.2) is 9.97 Å². The van der Waals surface area contributed by atoms with Crippen molar-refractivity contribution < 1.29 is 9.47 Å². The van der Waals surface area contributed by atoms with Gasteiger partial charge in [0.2, 0.25) is 11.8 Å². The molecule has 0 N–H and O–H groups in total. The first kappa shape index (κ1) is 23.0. The van der Waals surface area contributed by atoms with Crippen LogP contribution in [0, 0.1) is 11.3 Å². The van der Waals surface area contributed by atoms with E-state index in [1.807, 2.05) is 6.20 Å². The van der Waals surface area contributed by atoms with E-state index >= 15 is 0 Å². The van der Waals surface area contributed by atoms with Crippen molar-refractivity contribution in [2.75, 3.05) is 13.2 Å². The number of hydrogen-bond acceptors (Lipinski definition) is 6. The summed E-state index contributed by atoms with van der Waals surface area (Å²) in [6, 6.07) is 0. The Kier molecular flexibility index (Phi) is 7.55. The molecular formula is C23H36N4O2. The van der Waals surface area contributed by atoms with Crippen molar-refractivity contribution in [1.29, 1.82) is 0 Å². The molecule has 0 saturated carbocycles. The minimum absolute atomic E-state index is 0.0878. The summed E-state index contributed by atoms with van der Waals surface area (Å²) >= 11 is 0. The van der Waals surface area contributed by atoms with Crippen LogP contribution >= 0.6 is 0 Å². The lowest BCUT2D eigenvalue weighted by molar-refractivity contribution is 0.137. The molecule has 160 valence electrons. The van der Waals surface area contributed by atoms with E-state index in [0.717, 1.165) is 17.8 Å². The monoisotopic (exact) mass is 400 g/mol. The highest BCUT2D eigenvalue weighted by atomic mass is 16.5. The highest BCUT2D eigenvalue weighted by Gasteiger charge is 2.32. The third-order valence-corrected chi connectivity index (χ3v) is 4.62. The molecule has 0 bridgehead atoms. The molecule has 2 aromatic heterocycles. The van der Waals surface area contributed by atoms with Crippen LogP contribution < -0.4 is 9.47 Å². The first-order valence-electron chi connectivity index (χ1n) is 10.4. The normalized spacial score (nSPS) is 12.5. The van der Waals surface area contributed by atoms with E-state index in [1.165, 1.54) is 0 Å². The molecule has 0 fully saturated rings. The Hall–Kier alpha value is -2.24. The van der Waals surface area contributed by atoms with Crippen LogP contribution in [0.15, 0.2) is 24.8 Å². The van der Waals surface area contributed by atoms with Gasteiger partial charge in [0.15, 0.2) is 0 Å². The van der Waals surface area contributed by atoms with Crippen LogP contribution in [0.2, 0.25) is 0 Å². The van der Waals surface area contributed by atoms with E-state index in [-0.39, 0.29) is 10.8 Å². The lowest BCUT2D eigenvalue weighted by atomic mass is 9.74. The van der Waals surface area contributed by atoms with Gasteiger partial charge < -0.3 is 9.47 Å². The zero-order valence-electron chi connectivity index (χ0n) is 19.2. The molecule has 6 heteroatoms. The maximum Gasteiger partial charge on any atom is 0.232 e. The van der Waals surface area contributed by atoms with Gasteiger partial charge in [0.05, 0.1) is 37.0 Å². The Morgan fingerprint density at radius 1 is 0.828 bits per heavy atom. The van der Waals surface area contributed by atoms with E-state index in [0.29, 0.717) is 36.8 Å². The van der Waals surface area contributed by atoms with Crippen LogP contribution in [0.25, 0.3) is 0 Å². The summed E-state index contributed by atoms with van der Waals surface area (Å²) in [6.07, 6.45) is 7.85. The van der Waals surface area contributed by atoms with Gasteiger partial charge in [0.25, 0.3) is 0 Å². The van der Waals surface area contributed by atoms with Gasteiger partial charge >= 0.3 is 0 Å². The zero-order valence-corrected chi connectivity index (χ0v) is 19.2. The van der Waals surface area contributed by atoms with Crippen LogP contribution in [0.1, 0.15) is 79.1 Å². The summed E-state index contributed by atoms with van der Waals surface area (Å²) in [4.78, 5) is 17.8. The molecule has 2 rings (SSSR count). The molecule has 0 radical (unpaired) electrons. The minimum atomic E-state index is -0.178. The standard InChI is InChI=1S/C23H36N4O2/c1-16(2)13-28-21-12-25-10-19(27-21)23(7,8)14-22(5,6)15-29-20-11-24-9-18(26-20)17(3)4/h9-12,16-17H,13-15H2,1-8H3. The van der Waals surface area contributed by atoms with Crippen molar-refractivity contribution in [3.05, 3.63) is 36.2 Å². The average Bonchev–Trinajstić information content (AvgIpc) is 2.64. The van der Waals surface area contributed by atoms with Crippen molar-refractivity contribution >= 4 is 0 Å². The minimum Gasteiger partial charge on any atom is -0.476 e. The number of rotatable bonds is 10. The molecule has 2 aromatic rings. The molecule has 0 unspecified atom stereocenters. The highest BCUT2D eigenvalue weighted by Crippen LogP contribution is 2.36. The number of aromatic nitrogens is 4. The molecule has 0 aliphatic rings. The second kappa shape index (κ2) is 9.51. The SMILES string of the molecule is CC(C)COc1cncc(C(C)(C)CC(C)(C)COc2cncc(C(C)C)n2)n1. The molecule has 0 aliphatic carbocycles. The molecule has 0 atom stereocenters. The molecule has 0 amide bonds. The first-order chi connectivity index (χ1) is 13.5. The number of nitrogens with zero attached hydrogens (tertiary/aromatic N) is 4. The molecule has 0 aliphatic heterocycles. The van der Waals surface area contributed by atoms with Gasteiger partial charge in [-0.1, -0.05) is 55.4 Å². The van der Waals surface area contributed by atoms with Crippen LogP contribution in [-0.4, -0.2) is 33.1 Å². The van der Waals surface area contributed by atoms with Gasteiger partial charge in [-0.15, -0.1) is 0 Å². The van der Waals surface area contributed by atoms with Crippen LogP contribution in [0.4, 0.5) is 0 Å². The molecule has 0 saturated heterocycles. The Bertz CT molecular complexity index is 788. The fourth-order valence-electron chi connectivity index (χ4n) is 3.31. The molecule has 0 aromatic carbocycles. The lowest BCUT2D eigenvalue weighted by Gasteiger charge is -2.34. The summed E-state index contributed by atoms with van der Waals surface area (Å²) < 4.78 is 11.8. The van der Waals surface area contributed by atoms with Crippen molar-refractivity contribution in [2.24, 2.45) is 11.3 Å². The molecule has 2 heterocycles. The van der Waals surface area contributed by atoms with Crippen molar-refractivity contribution in [3.63, 3.8) is 0 Å². The van der Waals surface area contributed by atoms with E-state index in [9.17, 15) is 0 Å². The van der Waals surface area contributed by atoms with Crippen molar-refractivity contribution in [3.8, 4) is 11.8 Å². The van der Waals surface area contributed by atoms with Gasteiger partial charge in [-0.05, 0) is 23.7 Å². The Labute approximate surface area is 175 Å². The van der Waals surface area contributed by atoms with E-state index in [2.05, 4.69) is 70.3 Å². The van der Waals surface area contributed by atoms with Gasteiger partial charge in [-0.3, -0.25) is 9.97 Å². The number of hydrogen-bond donors (Lipinski definition) is 0. The summed E-state index contributed by atoms with van der Waals surface area (Å²) in [5.41, 5.74) is 1.60. The third-order valence-electron chi connectivity index (χ3n) is 4.62. The molecule has 6 nitrogen and oxygen atoms in total. The fraction of sp³-hybridized carbons (Fsp3) is 0.652. The summed E-state index contributed by atoms with van der Waals surface area (Å²) in [5.74, 6) is 1.92. The second-order valence-electron chi connectivity index (χ2n) is 9.90. The third kappa shape index (κ3) is 7.26. The Morgan fingerprint density at radius 3 is 2.07 bits per heavy atom. The van der Waals surface area contributed by atoms with E-state index in [1.54, 1.807) is 18.6 Å². The molecular weight excluding hydrogens is 364 g/mol. The van der Waals surface area contributed by atoms with Gasteiger partial charge in [-0.2, -0.15) is 0 Å². The average molecular weight is 401 g/mol. The first-order valence-corrected chi connectivity index (χ1v) is 10.4. The maximum atomic E-state index is 6.00. The Morgan fingerprint density at radius 2 is 1.45 bits per heavy atom. The van der Waals surface area contributed by atoms with E-state index < -0.39 is 0 Å². The summed E-state index contributed by atoms with van der Waals surface area (Å²) in [5, 5.41) is 0. The maximum absolute atomic E-state index is 6.00. The quantitative estimate of drug-likeness (QED) is 0.546. The van der Waals surface area contributed by atoms with Crippen molar-refractivity contribution in [2.45, 2.75) is 73.1 Å². The summed E-state index contributed by atoms with van der Waals surface area (Å²) in [7, 11) is 0. The smallest absolute Gasteiger partial charge is 0.232 e. The predicted molar refractivity (Wildman–Crippen MR) is 115 cm³/mol. The van der Waals surface area contributed by atoms with Crippen molar-refractivity contribution in [1.82, 2.24) is 19.9 Å². The van der Waals surface area contributed by atoms with E-state index in [4.69, 9.17) is 14.5 Å². The summed E-state index contributed by atoms with van der Waals surface area (Å²) in [6.45, 7) is 18.4. The zero-order chi connectivity index (χ0) is 21.7.